The molecule has 0 spiro atoms. The summed E-state index contributed by atoms with van der Waals surface area (Å²) in [6, 6.07) is 7.90. The molecule has 1 aliphatic carbocycles. The van der Waals surface area contributed by atoms with Crippen molar-refractivity contribution in [1.82, 2.24) is 10.2 Å². The SMILES string of the molecule is O=C(NC(CC1CCCC1)C(=O)N1CCCC2OCC(=O)C21)c1ccccc1. The number of fused-ring (bicyclic) bond motifs is 1. The van der Waals surface area contributed by atoms with Crippen LogP contribution >= 0.6 is 0 Å². The number of nitrogens with one attached hydrogen (secondary N) is 1. The molecule has 3 fully saturated rings. The van der Waals surface area contributed by atoms with Gasteiger partial charge in [0.2, 0.25) is 5.91 Å². The van der Waals surface area contributed by atoms with Gasteiger partial charge in [0.05, 0.1) is 6.10 Å². The van der Waals surface area contributed by atoms with E-state index in [1.54, 1.807) is 17.0 Å². The van der Waals surface area contributed by atoms with Gasteiger partial charge in [-0.2, -0.15) is 0 Å². The molecule has 150 valence electrons. The van der Waals surface area contributed by atoms with E-state index in [2.05, 4.69) is 5.32 Å². The molecular formula is C22H28N2O4. The van der Waals surface area contributed by atoms with Crippen LogP contribution in [-0.4, -0.2) is 53.8 Å². The van der Waals surface area contributed by atoms with E-state index < -0.39 is 12.1 Å². The average molecular weight is 384 g/mol. The number of Topliss-reactive ketones (excluding diaryl/α,β-unsaturated/α-hetero) is 1. The van der Waals surface area contributed by atoms with Crippen LogP contribution in [0.3, 0.4) is 0 Å². The second-order valence-electron chi connectivity index (χ2n) is 8.21. The van der Waals surface area contributed by atoms with Crippen molar-refractivity contribution in [2.24, 2.45) is 5.92 Å². The van der Waals surface area contributed by atoms with E-state index in [4.69, 9.17) is 4.74 Å². The number of amides is 2. The Kier molecular flexibility index (Phi) is 5.76. The molecule has 0 bridgehead atoms. The summed E-state index contributed by atoms with van der Waals surface area (Å²) < 4.78 is 5.58. The van der Waals surface area contributed by atoms with E-state index >= 15 is 0 Å². The second-order valence-corrected chi connectivity index (χ2v) is 8.21. The van der Waals surface area contributed by atoms with Crippen molar-refractivity contribution in [3.63, 3.8) is 0 Å². The molecule has 2 heterocycles. The number of ketones is 1. The monoisotopic (exact) mass is 384 g/mol. The van der Waals surface area contributed by atoms with Gasteiger partial charge in [-0.05, 0) is 37.3 Å². The first kappa shape index (κ1) is 19.1. The van der Waals surface area contributed by atoms with Gasteiger partial charge in [-0.25, -0.2) is 0 Å². The highest BCUT2D eigenvalue weighted by molar-refractivity contribution is 5.99. The fraction of sp³-hybridized carbons (Fsp3) is 0.591. The summed E-state index contributed by atoms with van der Waals surface area (Å²) in [5.74, 6) is 0.0532. The number of benzene rings is 1. The Balaban J connectivity index is 1.52. The van der Waals surface area contributed by atoms with Crippen LogP contribution < -0.4 is 5.32 Å². The van der Waals surface area contributed by atoms with Crippen molar-refractivity contribution in [2.75, 3.05) is 13.2 Å². The maximum Gasteiger partial charge on any atom is 0.251 e. The quantitative estimate of drug-likeness (QED) is 0.845. The summed E-state index contributed by atoms with van der Waals surface area (Å²) in [5.41, 5.74) is 0.545. The van der Waals surface area contributed by atoms with E-state index in [-0.39, 0.29) is 30.3 Å². The van der Waals surface area contributed by atoms with Crippen LogP contribution in [0.5, 0.6) is 0 Å². The van der Waals surface area contributed by atoms with Gasteiger partial charge in [-0.1, -0.05) is 43.9 Å². The molecular weight excluding hydrogens is 356 g/mol. The van der Waals surface area contributed by atoms with Crippen molar-refractivity contribution >= 4 is 17.6 Å². The molecule has 2 amide bonds. The molecule has 6 nitrogen and oxygen atoms in total. The maximum absolute atomic E-state index is 13.4. The average Bonchev–Trinajstić information content (AvgIpc) is 3.37. The van der Waals surface area contributed by atoms with Crippen LogP contribution in [0.1, 0.15) is 55.3 Å². The predicted octanol–water partition coefficient (Wildman–Crippen LogP) is 2.32. The molecule has 4 rings (SSSR count). The van der Waals surface area contributed by atoms with Crippen molar-refractivity contribution in [1.29, 1.82) is 0 Å². The highest BCUT2D eigenvalue weighted by atomic mass is 16.5. The lowest BCUT2D eigenvalue weighted by molar-refractivity contribution is -0.142. The lowest BCUT2D eigenvalue weighted by atomic mass is 9.93. The topological polar surface area (TPSA) is 75.7 Å². The zero-order valence-corrected chi connectivity index (χ0v) is 16.1. The Morgan fingerprint density at radius 2 is 1.86 bits per heavy atom. The highest BCUT2D eigenvalue weighted by Crippen LogP contribution is 2.31. The fourth-order valence-corrected chi connectivity index (χ4v) is 4.87. The van der Waals surface area contributed by atoms with Gasteiger partial charge >= 0.3 is 0 Å². The Morgan fingerprint density at radius 1 is 1.11 bits per heavy atom. The van der Waals surface area contributed by atoms with Crippen LogP contribution in [0.15, 0.2) is 30.3 Å². The normalized spacial score (nSPS) is 26.1. The molecule has 3 atom stereocenters. The van der Waals surface area contributed by atoms with Gasteiger partial charge in [-0.15, -0.1) is 0 Å². The van der Waals surface area contributed by atoms with Crippen molar-refractivity contribution in [3.05, 3.63) is 35.9 Å². The zero-order valence-electron chi connectivity index (χ0n) is 16.1. The van der Waals surface area contributed by atoms with Crippen molar-refractivity contribution in [3.8, 4) is 0 Å². The van der Waals surface area contributed by atoms with E-state index in [1.165, 1.54) is 12.8 Å². The summed E-state index contributed by atoms with van der Waals surface area (Å²) in [5, 5.41) is 2.97. The van der Waals surface area contributed by atoms with Crippen LogP contribution in [0, 0.1) is 5.92 Å². The number of rotatable bonds is 5. The van der Waals surface area contributed by atoms with E-state index in [0.29, 0.717) is 24.4 Å². The molecule has 3 aliphatic rings. The van der Waals surface area contributed by atoms with Gasteiger partial charge in [0.25, 0.3) is 5.91 Å². The third-order valence-corrected chi connectivity index (χ3v) is 6.31. The Labute approximate surface area is 165 Å². The largest absolute Gasteiger partial charge is 0.368 e. The van der Waals surface area contributed by atoms with Crippen molar-refractivity contribution in [2.45, 2.75) is 63.1 Å². The Bertz CT molecular complexity index is 729. The third kappa shape index (κ3) is 3.97. The zero-order chi connectivity index (χ0) is 19.5. The molecule has 0 radical (unpaired) electrons. The van der Waals surface area contributed by atoms with E-state index in [1.807, 2.05) is 18.2 Å². The molecule has 6 heteroatoms. The summed E-state index contributed by atoms with van der Waals surface area (Å²) >= 11 is 0. The first-order chi connectivity index (χ1) is 13.6. The molecule has 1 aromatic rings. The Hall–Kier alpha value is -2.21. The van der Waals surface area contributed by atoms with E-state index in [9.17, 15) is 14.4 Å². The number of carbonyl (C=O) groups is 3. The first-order valence-electron chi connectivity index (χ1n) is 10.4. The minimum absolute atomic E-state index is 0.0212. The van der Waals surface area contributed by atoms with Crippen LogP contribution in [-0.2, 0) is 14.3 Å². The number of hydrogen-bond acceptors (Lipinski definition) is 4. The summed E-state index contributed by atoms with van der Waals surface area (Å²) in [6.45, 7) is 0.639. The van der Waals surface area contributed by atoms with Gasteiger partial charge in [-0.3, -0.25) is 14.4 Å². The van der Waals surface area contributed by atoms with Gasteiger partial charge < -0.3 is 15.0 Å². The standard InChI is InChI=1S/C22H28N2O4/c25-18-14-28-19-11-6-12-24(20(18)19)22(27)17(13-15-7-4-5-8-15)23-21(26)16-9-2-1-3-10-16/h1-3,9-10,15,17,19-20H,4-8,11-14H2,(H,23,26). The number of carbonyl (C=O) groups excluding carboxylic acids is 3. The van der Waals surface area contributed by atoms with Crippen LogP contribution in [0.4, 0.5) is 0 Å². The number of hydrogen-bond donors (Lipinski definition) is 1. The van der Waals surface area contributed by atoms with Crippen molar-refractivity contribution < 1.29 is 19.1 Å². The predicted molar refractivity (Wildman–Crippen MR) is 104 cm³/mol. The summed E-state index contributed by atoms with van der Waals surface area (Å²) in [4.78, 5) is 40.2. The molecule has 28 heavy (non-hydrogen) atoms. The number of piperidine rings is 1. The number of nitrogens with zero attached hydrogens (tertiary/aromatic N) is 1. The maximum atomic E-state index is 13.4. The molecule has 2 aliphatic heterocycles. The number of likely N-dealkylation sites (tertiary alicyclic amines) is 1. The molecule has 1 aromatic carbocycles. The fourth-order valence-electron chi connectivity index (χ4n) is 4.87. The Morgan fingerprint density at radius 3 is 2.61 bits per heavy atom. The van der Waals surface area contributed by atoms with Gasteiger partial charge in [0, 0.05) is 12.1 Å². The van der Waals surface area contributed by atoms with E-state index in [0.717, 1.165) is 25.7 Å². The second kappa shape index (κ2) is 8.43. The van der Waals surface area contributed by atoms with Gasteiger partial charge in [0.15, 0.2) is 5.78 Å². The summed E-state index contributed by atoms with van der Waals surface area (Å²) in [7, 11) is 0. The van der Waals surface area contributed by atoms with Crippen LogP contribution in [0.2, 0.25) is 0 Å². The lowest BCUT2D eigenvalue weighted by Crippen LogP contribution is -2.58. The van der Waals surface area contributed by atoms with Gasteiger partial charge in [0.1, 0.15) is 18.7 Å². The smallest absolute Gasteiger partial charge is 0.251 e. The lowest BCUT2D eigenvalue weighted by Gasteiger charge is -2.38. The molecule has 1 N–H and O–H groups in total. The molecule has 2 saturated heterocycles. The molecule has 3 unspecified atom stereocenters. The van der Waals surface area contributed by atoms with Crippen LogP contribution in [0.25, 0.3) is 0 Å². The minimum atomic E-state index is -0.594. The highest BCUT2D eigenvalue weighted by Gasteiger charge is 2.46. The molecule has 0 aromatic heterocycles. The first-order valence-corrected chi connectivity index (χ1v) is 10.4. The third-order valence-electron chi connectivity index (χ3n) is 6.31. The molecule has 1 saturated carbocycles. The summed E-state index contributed by atoms with van der Waals surface area (Å²) in [6.07, 6.45) is 6.63. The minimum Gasteiger partial charge on any atom is -0.368 e. The number of ether oxygens (including phenoxy) is 1.